The SMILES string of the molecule is CCC1CCC(CN2CC(O)C(O)C(O)C2)CC1. The Bertz CT molecular complexity index is 241. The van der Waals surface area contributed by atoms with Crippen LogP contribution in [0.25, 0.3) is 0 Å². The van der Waals surface area contributed by atoms with E-state index in [1.54, 1.807) is 0 Å². The first-order valence-corrected chi connectivity index (χ1v) is 7.36. The fourth-order valence-electron chi connectivity index (χ4n) is 3.41. The Labute approximate surface area is 110 Å². The van der Waals surface area contributed by atoms with Crippen LogP contribution in [0, 0.1) is 11.8 Å². The van der Waals surface area contributed by atoms with Crippen LogP contribution in [0.3, 0.4) is 0 Å². The van der Waals surface area contributed by atoms with Crippen LogP contribution in [0.15, 0.2) is 0 Å². The summed E-state index contributed by atoms with van der Waals surface area (Å²) < 4.78 is 0. The molecule has 106 valence electrons. The van der Waals surface area contributed by atoms with Gasteiger partial charge in [0.15, 0.2) is 0 Å². The van der Waals surface area contributed by atoms with Crippen molar-refractivity contribution in [2.75, 3.05) is 19.6 Å². The van der Waals surface area contributed by atoms with Crippen LogP contribution in [-0.4, -0.2) is 58.2 Å². The molecule has 2 unspecified atom stereocenters. The van der Waals surface area contributed by atoms with Crippen molar-refractivity contribution in [1.29, 1.82) is 0 Å². The normalized spacial score (nSPS) is 43.0. The number of aliphatic hydroxyl groups is 3. The molecule has 0 radical (unpaired) electrons. The lowest BCUT2D eigenvalue weighted by Crippen LogP contribution is -2.56. The van der Waals surface area contributed by atoms with E-state index >= 15 is 0 Å². The lowest BCUT2D eigenvalue weighted by molar-refractivity contribution is -0.112. The van der Waals surface area contributed by atoms with Crippen molar-refractivity contribution in [3.63, 3.8) is 0 Å². The van der Waals surface area contributed by atoms with Gasteiger partial charge in [0.1, 0.15) is 6.10 Å². The Balaban J connectivity index is 1.77. The van der Waals surface area contributed by atoms with E-state index in [2.05, 4.69) is 11.8 Å². The second kappa shape index (κ2) is 6.33. The van der Waals surface area contributed by atoms with Crippen molar-refractivity contribution in [3.05, 3.63) is 0 Å². The Kier molecular flexibility index (Phi) is 5.01. The minimum Gasteiger partial charge on any atom is -0.389 e. The van der Waals surface area contributed by atoms with Gasteiger partial charge in [-0.25, -0.2) is 0 Å². The molecule has 4 nitrogen and oxygen atoms in total. The molecular weight excluding hydrogens is 230 g/mol. The first kappa shape index (κ1) is 14.3. The van der Waals surface area contributed by atoms with Crippen LogP contribution in [0.1, 0.15) is 39.0 Å². The van der Waals surface area contributed by atoms with Gasteiger partial charge >= 0.3 is 0 Å². The fourth-order valence-corrected chi connectivity index (χ4v) is 3.41. The molecule has 0 bridgehead atoms. The van der Waals surface area contributed by atoms with E-state index in [0.29, 0.717) is 19.0 Å². The zero-order chi connectivity index (χ0) is 13.1. The van der Waals surface area contributed by atoms with E-state index < -0.39 is 18.3 Å². The number of piperidine rings is 1. The average molecular weight is 257 g/mol. The highest BCUT2D eigenvalue weighted by Gasteiger charge is 2.34. The van der Waals surface area contributed by atoms with Gasteiger partial charge in [0.25, 0.3) is 0 Å². The summed E-state index contributed by atoms with van der Waals surface area (Å²) in [6.07, 6.45) is 3.89. The van der Waals surface area contributed by atoms with Gasteiger partial charge in [-0.2, -0.15) is 0 Å². The second-order valence-electron chi connectivity index (χ2n) is 6.14. The molecule has 1 aliphatic heterocycles. The summed E-state index contributed by atoms with van der Waals surface area (Å²) >= 11 is 0. The summed E-state index contributed by atoms with van der Waals surface area (Å²) in [7, 11) is 0. The summed E-state index contributed by atoms with van der Waals surface area (Å²) in [4.78, 5) is 2.11. The van der Waals surface area contributed by atoms with E-state index in [4.69, 9.17) is 0 Å². The number of aliphatic hydroxyl groups excluding tert-OH is 3. The van der Waals surface area contributed by atoms with Gasteiger partial charge < -0.3 is 15.3 Å². The van der Waals surface area contributed by atoms with Crippen LogP contribution in [0.5, 0.6) is 0 Å². The molecule has 18 heavy (non-hydrogen) atoms. The van der Waals surface area contributed by atoms with Crippen molar-refractivity contribution < 1.29 is 15.3 Å². The van der Waals surface area contributed by atoms with Crippen molar-refractivity contribution in [3.8, 4) is 0 Å². The van der Waals surface area contributed by atoms with Gasteiger partial charge in [0.05, 0.1) is 12.2 Å². The molecule has 3 N–H and O–H groups in total. The maximum absolute atomic E-state index is 9.68. The summed E-state index contributed by atoms with van der Waals surface area (Å²) in [5.41, 5.74) is 0. The lowest BCUT2D eigenvalue weighted by Gasteiger charge is -2.39. The minimum atomic E-state index is -0.975. The van der Waals surface area contributed by atoms with Crippen LogP contribution in [-0.2, 0) is 0 Å². The molecule has 0 aromatic rings. The molecule has 2 aliphatic rings. The fraction of sp³-hybridized carbons (Fsp3) is 1.00. The molecule has 1 saturated carbocycles. The number of nitrogens with zero attached hydrogens (tertiary/aromatic N) is 1. The Hall–Kier alpha value is -0.160. The van der Waals surface area contributed by atoms with E-state index in [9.17, 15) is 15.3 Å². The van der Waals surface area contributed by atoms with Crippen LogP contribution >= 0.6 is 0 Å². The number of likely N-dealkylation sites (tertiary alicyclic amines) is 1. The van der Waals surface area contributed by atoms with Crippen molar-refractivity contribution in [1.82, 2.24) is 4.90 Å². The summed E-state index contributed by atoms with van der Waals surface area (Å²) in [6, 6.07) is 0. The highest BCUT2D eigenvalue weighted by molar-refractivity contribution is 4.87. The smallest absolute Gasteiger partial charge is 0.108 e. The lowest BCUT2D eigenvalue weighted by atomic mass is 9.80. The highest BCUT2D eigenvalue weighted by atomic mass is 16.4. The molecule has 1 heterocycles. The van der Waals surface area contributed by atoms with Crippen LogP contribution in [0.4, 0.5) is 0 Å². The van der Waals surface area contributed by atoms with Crippen molar-refractivity contribution in [2.24, 2.45) is 11.8 Å². The van der Waals surface area contributed by atoms with E-state index in [1.807, 2.05) is 0 Å². The predicted octanol–water partition coefficient (Wildman–Crippen LogP) is 0.601. The molecule has 0 aromatic carbocycles. The zero-order valence-corrected chi connectivity index (χ0v) is 11.3. The Morgan fingerprint density at radius 3 is 1.89 bits per heavy atom. The third-order valence-electron chi connectivity index (χ3n) is 4.74. The molecule has 1 aliphatic carbocycles. The van der Waals surface area contributed by atoms with Crippen molar-refractivity contribution in [2.45, 2.75) is 57.3 Å². The summed E-state index contributed by atoms with van der Waals surface area (Å²) in [5, 5.41) is 28.9. The maximum atomic E-state index is 9.68. The van der Waals surface area contributed by atoms with Crippen LogP contribution in [0.2, 0.25) is 0 Å². The number of rotatable bonds is 3. The molecule has 0 aromatic heterocycles. The van der Waals surface area contributed by atoms with Gasteiger partial charge in [0.2, 0.25) is 0 Å². The van der Waals surface area contributed by atoms with E-state index in [0.717, 1.165) is 12.5 Å². The molecule has 2 fully saturated rings. The van der Waals surface area contributed by atoms with Crippen LogP contribution < -0.4 is 0 Å². The first-order chi connectivity index (χ1) is 8.60. The number of hydrogen-bond acceptors (Lipinski definition) is 4. The highest BCUT2D eigenvalue weighted by Crippen LogP contribution is 2.31. The van der Waals surface area contributed by atoms with Crippen molar-refractivity contribution >= 4 is 0 Å². The van der Waals surface area contributed by atoms with Gasteiger partial charge in [-0.3, -0.25) is 4.90 Å². The molecule has 2 rings (SSSR count). The number of β-amino-alcohol motifs (C(OH)–C–C–N with tert-alkyl or cyclic N) is 2. The zero-order valence-electron chi connectivity index (χ0n) is 11.3. The molecular formula is C14H27NO3. The third-order valence-corrected chi connectivity index (χ3v) is 4.74. The monoisotopic (exact) mass is 257 g/mol. The first-order valence-electron chi connectivity index (χ1n) is 7.36. The van der Waals surface area contributed by atoms with Gasteiger partial charge in [0, 0.05) is 19.6 Å². The van der Waals surface area contributed by atoms with Gasteiger partial charge in [-0.15, -0.1) is 0 Å². The molecule has 0 amide bonds. The van der Waals surface area contributed by atoms with Gasteiger partial charge in [-0.05, 0) is 24.7 Å². The standard InChI is InChI=1S/C14H27NO3/c1-2-10-3-5-11(6-4-10)7-15-8-12(16)14(18)13(17)9-15/h10-14,16-18H,2-9H2,1H3. The topological polar surface area (TPSA) is 63.9 Å². The largest absolute Gasteiger partial charge is 0.389 e. The molecule has 0 spiro atoms. The second-order valence-corrected chi connectivity index (χ2v) is 6.14. The predicted molar refractivity (Wildman–Crippen MR) is 70.2 cm³/mol. The third kappa shape index (κ3) is 3.44. The Morgan fingerprint density at radius 2 is 1.39 bits per heavy atom. The number of hydrogen-bond donors (Lipinski definition) is 3. The molecule has 4 heteroatoms. The minimum absolute atomic E-state index is 0.492. The van der Waals surface area contributed by atoms with E-state index in [1.165, 1.54) is 32.1 Å². The summed E-state index contributed by atoms with van der Waals surface area (Å²) in [6.45, 7) is 4.21. The quantitative estimate of drug-likeness (QED) is 0.693. The van der Waals surface area contributed by atoms with E-state index in [-0.39, 0.29) is 0 Å². The molecule has 1 saturated heterocycles. The molecule has 2 atom stereocenters. The maximum Gasteiger partial charge on any atom is 0.108 e. The Morgan fingerprint density at radius 1 is 0.889 bits per heavy atom. The summed E-state index contributed by atoms with van der Waals surface area (Å²) in [5.74, 6) is 1.60. The average Bonchev–Trinajstić information content (AvgIpc) is 2.37. The van der Waals surface area contributed by atoms with Gasteiger partial charge in [-0.1, -0.05) is 26.2 Å².